The molecule has 8 heteroatoms. The van der Waals surface area contributed by atoms with Gasteiger partial charge in [0.1, 0.15) is 0 Å². The van der Waals surface area contributed by atoms with Crippen molar-refractivity contribution < 1.29 is 29.1 Å². The second-order valence-corrected chi connectivity index (χ2v) is 2.40. The lowest BCUT2D eigenvalue weighted by Crippen LogP contribution is -2.35. The van der Waals surface area contributed by atoms with Gasteiger partial charge in [0.15, 0.2) is 5.94 Å². The monoisotopic (exact) mass is 235 g/mol. The minimum Gasteiger partial charge on any atom is -0.479 e. The van der Waals surface area contributed by atoms with Gasteiger partial charge < -0.3 is 14.7 Å². The number of carbonyl (C=O) groups is 2. The van der Waals surface area contributed by atoms with Crippen LogP contribution in [0.15, 0.2) is 11.4 Å². The molecule has 7 nitrogen and oxygen atoms in total. The number of carboxylic acid groups (broad SMARTS) is 1. The van der Waals surface area contributed by atoms with Crippen LogP contribution in [0.4, 0.5) is 0 Å². The first-order valence-electron chi connectivity index (χ1n) is 3.43. The van der Waals surface area contributed by atoms with Gasteiger partial charge in [-0.3, -0.25) is 4.79 Å². The highest BCUT2D eigenvalue weighted by atomic mass is 35.5. The normalized spacial score (nSPS) is 12.5. The lowest BCUT2D eigenvalue weighted by molar-refractivity contribution is -0.151. The fourth-order valence-corrected chi connectivity index (χ4v) is 0.706. The number of hydrogen-bond acceptors (Lipinski definition) is 6. The number of ether oxygens (including phenoxy) is 1. The second kappa shape index (κ2) is 6.72. The Labute approximate surface area is 88.9 Å². The largest absolute Gasteiger partial charge is 0.479 e. The van der Waals surface area contributed by atoms with E-state index in [-0.39, 0.29) is 0 Å². The Balaban J connectivity index is 4.60. The van der Waals surface area contributed by atoms with E-state index >= 15 is 0 Å². The molecule has 0 radical (unpaired) electrons. The molecule has 1 atom stereocenters. The van der Waals surface area contributed by atoms with Crippen molar-refractivity contribution >= 4 is 34.5 Å². The molecule has 0 aliphatic rings. The van der Waals surface area contributed by atoms with Crippen LogP contribution in [0.2, 0.25) is 0 Å². The summed E-state index contributed by atoms with van der Waals surface area (Å²) in [4.78, 5) is 35.3. The van der Waals surface area contributed by atoms with Crippen molar-refractivity contribution in [3.63, 3.8) is 0 Å². The van der Waals surface area contributed by atoms with Crippen LogP contribution < -0.4 is 0 Å². The molecule has 0 aromatic heterocycles. The molecule has 0 aliphatic heterocycles. The molecular weight excluding hydrogens is 230 g/mol. The number of aliphatic carboxylic acids is 1. The number of halogens is 1. The summed E-state index contributed by atoms with van der Waals surface area (Å²) in [5.74, 6) is -1.40. The third-order valence-corrected chi connectivity index (χ3v) is 1.39. The number of carboxylic acids is 1. The zero-order chi connectivity index (χ0) is 11.8. The first kappa shape index (κ1) is 13.3. The SMILES string of the molecule is CO[C@H](C(=O)O)C(=O)C(Cl)=NOC=C=O. The highest BCUT2D eigenvalue weighted by Crippen LogP contribution is 1.99. The smallest absolute Gasteiger partial charge is 0.341 e. The summed E-state index contributed by atoms with van der Waals surface area (Å²) in [6, 6.07) is 0. The Hall–Kier alpha value is -1.69. The van der Waals surface area contributed by atoms with Crippen LogP contribution in [0.25, 0.3) is 0 Å². The Morgan fingerprint density at radius 3 is 2.60 bits per heavy atom. The predicted molar refractivity (Wildman–Crippen MR) is 48.1 cm³/mol. The molecule has 0 aromatic rings. The summed E-state index contributed by atoms with van der Waals surface area (Å²) < 4.78 is 4.34. The molecule has 0 fully saturated rings. The number of methoxy groups -OCH3 is 1. The molecule has 0 saturated carbocycles. The first-order valence-corrected chi connectivity index (χ1v) is 3.80. The Morgan fingerprint density at radius 2 is 2.20 bits per heavy atom. The standard InChI is InChI=1S/C7H6ClNO6/c1-14-5(7(12)13)4(11)6(8)9-15-3-2-10/h3,5H,1H3,(H,12,13)/t5-/m0/s1. The quantitative estimate of drug-likeness (QED) is 0.220. The molecule has 0 bridgehead atoms. The molecule has 0 saturated heterocycles. The van der Waals surface area contributed by atoms with Crippen LogP contribution in [-0.2, 0) is 24.0 Å². The number of hydrogen-bond donors (Lipinski definition) is 1. The molecule has 0 amide bonds. The van der Waals surface area contributed by atoms with E-state index in [4.69, 9.17) is 16.7 Å². The molecule has 82 valence electrons. The van der Waals surface area contributed by atoms with E-state index in [9.17, 15) is 14.4 Å². The fourth-order valence-electron chi connectivity index (χ4n) is 0.567. The number of rotatable bonds is 6. The Kier molecular flexibility index (Phi) is 5.96. The van der Waals surface area contributed by atoms with Crippen molar-refractivity contribution in [2.24, 2.45) is 5.16 Å². The lowest BCUT2D eigenvalue weighted by atomic mass is 10.2. The van der Waals surface area contributed by atoms with E-state index < -0.39 is 23.0 Å². The molecular formula is C7H6ClNO6. The summed E-state index contributed by atoms with van der Waals surface area (Å²) in [6.45, 7) is 0. The van der Waals surface area contributed by atoms with Crippen molar-refractivity contribution in [2.45, 2.75) is 6.10 Å². The first-order chi connectivity index (χ1) is 7.04. The summed E-state index contributed by atoms with van der Waals surface area (Å²) >= 11 is 5.27. The van der Waals surface area contributed by atoms with Gasteiger partial charge in [-0.1, -0.05) is 16.8 Å². The number of carbonyl (C=O) groups excluding carboxylic acids is 2. The van der Waals surface area contributed by atoms with Crippen LogP contribution in [0.5, 0.6) is 0 Å². The van der Waals surface area contributed by atoms with E-state index in [1.54, 1.807) is 0 Å². The minimum atomic E-state index is -1.76. The summed E-state index contributed by atoms with van der Waals surface area (Å²) in [6.07, 6.45) is -1.26. The highest BCUT2D eigenvalue weighted by molar-refractivity contribution is 6.84. The predicted octanol–water partition coefficient (Wildman–Crippen LogP) is -0.431. The van der Waals surface area contributed by atoms with Crippen molar-refractivity contribution in [1.29, 1.82) is 0 Å². The van der Waals surface area contributed by atoms with E-state index in [0.717, 1.165) is 7.11 Å². The van der Waals surface area contributed by atoms with Gasteiger partial charge in [-0.05, 0) is 0 Å². The van der Waals surface area contributed by atoms with Gasteiger partial charge in [-0.2, -0.15) is 0 Å². The van der Waals surface area contributed by atoms with Gasteiger partial charge in [0.05, 0.1) is 0 Å². The average molecular weight is 236 g/mol. The van der Waals surface area contributed by atoms with Crippen LogP contribution in [0.3, 0.4) is 0 Å². The molecule has 0 aliphatic carbocycles. The van der Waals surface area contributed by atoms with Gasteiger partial charge in [0, 0.05) is 7.11 Å². The summed E-state index contributed by atoms with van der Waals surface area (Å²) in [5, 5.41) is 10.7. The molecule has 1 N–H and O–H groups in total. The van der Waals surface area contributed by atoms with Crippen LogP contribution in [0, 0.1) is 0 Å². The maximum Gasteiger partial charge on any atom is 0.341 e. The zero-order valence-electron chi connectivity index (χ0n) is 7.47. The number of Topliss-reactive ketones (excluding diaryl/α,β-unsaturated/α-hetero) is 1. The molecule has 0 heterocycles. The van der Waals surface area contributed by atoms with Gasteiger partial charge in [0.2, 0.25) is 23.3 Å². The second-order valence-electron chi connectivity index (χ2n) is 2.04. The number of nitrogens with zero attached hydrogens (tertiary/aromatic N) is 1. The topological polar surface area (TPSA) is 102 Å². The highest BCUT2D eigenvalue weighted by Gasteiger charge is 2.29. The Morgan fingerprint density at radius 1 is 1.60 bits per heavy atom. The maximum atomic E-state index is 11.1. The van der Waals surface area contributed by atoms with E-state index in [1.807, 2.05) is 0 Å². The molecule has 0 unspecified atom stereocenters. The van der Waals surface area contributed by atoms with Gasteiger partial charge >= 0.3 is 5.97 Å². The van der Waals surface area contributed by atoms with E-state index in [2.05, 4.69) is 14.7 Å². The lowest BCUT2D eigenvalue weighted by Gasteiger charge is -2.06. The van der Waals surface area contributed by atoms with Crippen LogP contribution in [-0.4, -0.2) is 41.2 Å². The summed E-state index contributed by atoms with van der Waals surface area (Å²) in [5.41, 5.74) is 0. The molecule has 0 spiro atoms. The third-order valence-electron chi connectivity index (χ3n) is 1.14. The van der Waals surface area contributed by atoms with Crippen LogP contribution >= 0.6 is 11.6 Å². The van der Waals surface area contributed by atoms with Crippen molar-refractivity contribution in [3.8, 4) is 0 Å². The van der Waals surface area contributed by atoms with Crippen LogP contribution in [0.1, 0.15) is 0 Å². The zero-order valence-corrected chi connectivity index (χ0v) is 8.22. The fraction of sp³-hybridized carbons (Fsp3) is 0.286. The van der Waals surface area contributed by atoms with Gasteiger partial charge in [-0.25, -0.2) is 9.59 Å². The van der Waals surface area contributed by atoms with E-state index in [1.165, 1.54) is 5.94 Å². The van der Waals surface area contributed by atoms with Gasteiger partial charge in [0.25, 0.3) is 0 Å². The Bertz CT molecular complexity index is 332. The minimum absolute atomic E-state index is 0.498. The van der Waals surface area contributed by atoms with Crippen molar-refractivity contribution in [1.82, 2.24) is 0 Å². The van der Waals surface area contributed by atoms with E-state index in [0.29, 0.717) is 6.26 Å². The van der Waals surface area contributed by atoms with Crippen molar-refractivity contribution in [2.75, 3.05) is 7.11 Å². The maximum absolute atomic E-state index is 11.1. The van der Waals surface area contributed by atoms with Gasteiger partial charge in [-0.15, -0.1) is 0 Å². The molecule has 0 rings (SSSR count). The molecule has 15 heavy (non-hydrogen) atoms. The summed E-state index contributed by atoms with van der Waals surface area (Å²) in [7, 11) is 1.02. The number of oxime groups is 1. The number of ketones is 1. The third kappa shape index (κ3) is 4.37. The average Bonchev–Trinajstić information content (AvgIpc) is 2.18. The van der Waals surface area contributed by atoms with Crippen molar-refractivity contribution in [3.05, 3.63) is 6.26 Å². The molecule has 0 aromatic carbocycles.